The van der Waals surface area contributed by atoms with Crippen LogP contribution in [0, 0.1) is 0 Å². The van der Waals surface area contributed by atoms with Crippen LogP contribution in [-0.2, 0) is 4.74 Å². The average molecular weight is 267 g/mol. The van der Waals surface area contributed by atoms with E-state index >= 15 is 0 Å². The van der Waals surface area contributed by atoms with Crippen LogP contribution in [0.25, 0.3) is 10.9 Å². The molecule has 96 valence electrons. The second-order valence-electron chi connectivity index (χ2n) is 3.99. The molecule has 0 atom stereocenters. The molecule has 0 unspecified atom stereocenters. The Balaban J connectivity index is 2.08. The largest absolute Gasteiger partial charge is 0.385 e. The third-order valence-electron chi connectivity index (χ3n) is 2.70. The maximum atomic E-state index is 12.0. The zero-order chi connectivity index (χ0) is 13.0. The van der Waals surface area contributed by atoms with Crippen LogP contribution in [0.4, 0.5) is 0 Å². The fourth-order valence-electron chi connectivity index (χ4n) is 1.80. The van der Waals surface area contributed by atoms with E-state index in [2.05, 4.69) is 10.3 Å². The van der Waals surface area contributed by atoms with E-state index in [4.69, 9.17) is 16.3 Å². The molecule has 18 heavy (non-hydrogen) atoms. The first-order valence-corrected chi connectivity index (χ1v) is 6.14. The minimum absolute atomic E-state index is 0.0836. The Morgan fingerprint density at radius 1 is 1.50 bits per heavy atom. The van der Waals surface area contributed by atoms with Crippen molar-refractivity contribution in [2.24, 2.45) is 0 Å². The zero-order valence-electron chi connectivity index (χ0n) is 10.1. The molecule has 4 nitrogen and oxygen atoms in total. The number of carbonyl (C=O) groups is 1. The van der Waals surface area contributed by atoms with E-state index in [1.807, 2.05) is 6.07 Å². The molecule has 0 aliphatic heterocycles. The lowest BCUT2D eigenvalue weighted by Crippen LogP contribution is -2.24. The van der Waals surface area contributed by atoms with Gasteiger partial charge in [0.2, 0.25) is 0 Å². The highest BCUT2D eigenvalue weighted by Gasteiger charge is 2.11. The van der Waals surface area contributed by atoms with E-state index < -0.39 is 0 Å². The van der Waals surface area contributed by atoms with Crippen molar-refractivity contribution in [2.45, 2.75) is 6.42 Å². The van der Waals surface area contributed by atoms with Gasteiger partial charge in [-0.3, -0.25) is 4.79 Å². The number of amides is 1. The Morgan fingerprint density at radius 2 is 2.33 bits per heavy atom. The van der Waals surface area contributed by atoms with Crippen LogP contribution in [-0.4, -0.2) is 31.2 Å². The summed E-state index contributed by atoms with van der Waals surface area (Å²) in [4.78, 5) is 15.0. The van der Waals surface area contributed by atoms with Gasteiger partial charge in [0.25, 0.3) is 5.91 Å². The van der Waals surface area contributed by atoms with Gasteiger partial charge < -0.3 is 15.0 Å². The number of H-pyrrole nitrogens is 1. The third-order valence-corrected chi connectivity index (χ3v) is 2.93. The van der Waals surface area contributed by atoms with Crippen molar-refractivity contribution in [3.63, 3.8) is 0 Å². The van der Waals surface area contributed by atoms with Gasteiger partial charge in [0.1, 0.15) is 0 Å². The predicted molar refractivity (Wildman–Crippen MR) is 72.1 cm³/mol. The number of methoxy groups -OCH3 is 1. The molecule has 2 rings (SSSR count). The molecule has 1 heterocycles. The molecule has 0 fully saturated rings. The summed E-state index contributed by atoms with van der Waals surface area (Å²) in [6, 6.07) is 5.43. The first-order chi connectivity index (χ1) is 8.72. The number of hydrogen-bond donors (Lipinski definition) is 2. The summed E-state index contributed by atoms with van der Waals surface area (Å²) in [5.41, 5.74) is 1.50. The van der Waals surface area contributed by atoms with Crippen LogP contribution in [0.2, 0.25) is 5.02 Å². The van der Waals surface area contributed by atoms with Gasteiger partial charge in [0, 0.05) is 42.4 Å². The third kappa shape index (κ3) is 2.83. The number of aromatic amines is 1. The molecule has 0 bridgehead atoms. The molecule has 0 radical (unpaired) electrons. The molecule has 0 aliphatic rings. The number of rotatable bonds is 5. The average Bonchev–Trinajstić information content (AvgIpc) is 2.77. The van der Waals surface area contributed by atoms with Crippen LogP contribution >= 0.6 is 11.6 Å². The van der Waals surface area contributed by atoms with Gasteiger partial charge in [0.05, 0.1) is 5.56 Å². The summed E-state index contributed by atoms with van der Waals surface area (Å²) in [5.74, 6) is -0.0836. The molecule has 0 spiro atoms. The van der Waals surface area contributed by atoms with Gasteiger partial charge in [-0.2, -0.15) is 0 Å². The predicted octanol–water partition coefficient (Wildman–Crippen LogP) is 2.59. The maximum Gasteiger partial charge on any atom is 0.253 e. The Morgan fingerprint density at radius 3 is 3.11 bits per heavy atom. The number of aromatic nitrogens is 1. The number of hydrogen-bond acceptors (Lipinski definition) is 2. The smallest absolute Gasteiger partial charge is 0.253 e. The first-order valence-electron chi connectivity index (χ1n) is 5.76. The van der Waals surface area contributed by atoms with Gasteiger partial charge >= 0.3 is 0 Å². The lowest BCUT2D eigenvalue weighted by atomic mass is 10.1. The van der Waals surface area contributed by atoms with Crippen LogP contribution in [0.1, 0.15) is 16.8 Å². The second kappa shape index (κ2) is 5.89. The zero-order valence-corrected chi connectivity index (χ0v) is 10.9. The van der Waals surface area contributed by atoms with Crippen molar-refractivity contribution in [3.05, 3.63) is 35.0 Å². The van der Waals surface area contributed by atoms with Crippen molar-refractivity contribution in [1.82, 2.24) is 10.3 Å². The Hall–Kier alpha value is -1.52. The van der Waals surface area contributed by atoms with E-state index in [9.17, 15) is 4.79 Å². The van der Waals surface area contributed by atoms with E-state index in [-0.39, 0.29) is 5.91 Å². The van der Waals surface area contributed by atoms with Gasteiger partial charge in [-0.25, -0.2) is 0 Å². The molecule has 1 aromatic carbocycles. The van der Waals surface area contributed by atoms with Crippen LogP contribution in [0.3, 0.4) is 0 Å². The fraction of sp³-hybridized carbons (Fsp3) is 0.308. The number of halogens is 1. The van der Waals surface area contributed by atoms with Gasteiger partial charge in [-0.15, -0.1) is 0 Å². The van der Waals surface area contributed by atoms with Crippen molar-refractivity contribution in [2.75, 3.05) is 20.3 Å². The number of fused-ring (bicyclic) bond motifs is 1. The van der Waals surface area contributed by atoms with Crippen molar-refractivity contribution >= 4 is 28.4 Å². The molecule has 0 saturated heterocycles. The SMILES string of the molecule is COCCCNC(=O)c1c[nH]c2cc(Cl)ccc12. The standard InChI is InChI=1S/C13H15ClN2O2/c1-18-6-2-5-15-13(17)11-8-16-12-7-9(14)3-4-10(11)12/h3-4,7-8,16H,2,5-6H2,1H3,(H,15,17). The summed E-state index contributed by atoms with van der Waals surface area (Å²) >= 11 is 5.89. The van der Waals surface area contributed by atoms with E-state index in [1.54, 1.807) is 25.4 Å². The number of carbonyl (C=O) groups excluding carboxylic acids is 1. The van der Waals surface area contributed by atoms with E-state index in [1.165, 1.54) is 0 Å². The van der Waals surface area contributed by atoms with Crippen LogP contribution in [0.5, 0.6) is 0 Å². The lowest BCUT2D eigenvalue weighted by Gasteiger charge is -2.03. The maximum absolute atomic E-state index is 12.0. The van der Waals surface area contributed by atoms with Gasteiger partial charge in [0.15, 0.2) is 0 Å². The van der Waals surface area contributed by atoms with Crippen LogP contribution < -0.4 is 5.32 Å². The molecule has 2 aromatic rings. The highest BCUT2D eigenvalue weighted by molar-refractivity contribution is 6.31. The quantitative estimate of drug-likeness (QED) is 0.818. The lowest BCUT2D eigenvalue weighted by molar-refractivity contribution is 0.0950. The molecule has 1 aromatic heterocycles. The summed E-state index contributed by atoms with van der Waals surface area (Å²) in [5, 5.41) is 4.38. The molecule has 1 amide bonds. The molecule has 2 N–H and O–H groups in total. The summed E-state index contributed by atoms with van der Waals surface area (Å²) < 4.78 is 4.93. The minimum atomic E-state index is -0.0836. The molecule has 5 heteroatoms. The molecule has 0 aliphatic carbocycles. The highest BCUT2D eigenvalue weighted by Crippen LogP contribution is 2.21. The topological polar surface area (TPSA) is 54.1 Å². The van der Waals surface area contributed by atoms with Crippen molar-refractivity contribution < 1.29 is 9.53 Å². The van der Waals surface area contributed by atoms with E-state index in [0.29, 0.717) is 23.7 Å². The molecule has 0 saturated carbocycles. The molecular weight excluding hydrogens is 252 g/mol. The van der Waals surface area contributed by atoms with E-state index in [0.717, 1.165) is 17.3 Å². The summed E-state index contributed by atoms with van der Waals surface area (Å²) in [7, 11) is 1.64. The Labute approximate surface area is 110 Å². The fourth-order valence-corrected chi connectivity index (χ4v) is 1.97. The highest BCUT2D eigenvalue weighted by atomic mass is 35.5. The normalized spacial score (nSPS) is 10.8. The number of nitrogens with one attached hydrogen (secondary N) is 2. The second-order valence-corrected chi connectivity index (χ2v) is 4.43. The summed E-state index contributed by atoms with van der Waals surface area (Å²) in [6.07, 6.45) is 2.50. The van der Waals surface area contributed by atoms with Gasteiger partial charge in [-0.1, -0.05) is 17.7 Å². The molecular formula is C13H15ClN2O2. The Kier molecular flexibility index (Phi) is 4.23. The van der Waals surface area contributed by atoms with Gasteiger partial charge in [-0.05, 0) is 18.6 Å². The first kappa shape index (κ1) is 12.9. The number of benzene rings is 1. The minimum Gasteiger partial charge on any atom is -0.385 e. The Bertz CT molecular complexity index is 551. The summed E-state index contributed by atoms with van der Waals surface area (Å²) in [6.45, 7) is 1.25. The van der Waals surface area contributed by atoms with Crippen LogP contribution in [0.15, 0.2) is 24.4 Å². The van der Waals surface area contributed by atoms with Crippen molar-refractivity contribution in [1.29, 1.82) is 0 Å². The van der Waals surface area contributed by atoms with Crippen molar-refractivity contribution in [3.8, 4) is 0 Å². The number of ether oxygens (including phenoxy) is 1. The monoisotopic (exact) mass is 266 g/mol.